The van der Waals surface area contributed by atoms with Crippen LogP contribution in [0.1, 0.15) is 6.92 Å². The number of nitrogens with zero attached hydrogens (tertiary/aromatic N) is 6. The number of hydrogen-bond acceptors (Lipinski definition) is 7. The molecule has 3 rings (SSSR count). The highest BCUT2D eigenvalue weighted by atomic mass is 35.5. The minimum absolute atomic E-state index is 0.000480. The van der Waals surface area contributed by atoms with E-state index in [9.17, 15) is 15.2 Å². The summed E-state index contributed by atoms with van der Waals surface area (Å²) in [5.41, 5.74) is 0.0563. The van der Waals surface area contributed by atoms with E-state index in [0.717, 1.165) is 31.9 Å². The highest BCUT2D eigenvalue weighted by Gasteiger charge is 2.29. The first kappa shape index (κ1) is 18.6. The molecule has 1 N–H and O–H groups in total. The highest BCUT2D eigenvalue weighted by molar-refractivity contribution is 6.28. The van der Waals surface area contributed by atoms with Crippen molar-refractivity contribution >= 4 is 23.1 Å². The predicted octanol–water partition coefficient (Wildman–Crippen LogP) is 1.41. The van der Waals surface area contributed by atoms with Gasteiger partial charge in [-0.2, -0.15) is 0 Å². The Morgan fingerprint density at radius 3 is 2.50 bits per heavy atom. The lowest BCUT2D eigenvalue weighted by Crippen LogP contribution is -2.52. The molecule has 0 unspecified atom stereocenters. The number of hydrogen-bond donors (Lipinski definition) is 1. The third kappa shape index (κ3) is 4.48. The Balaban J connectivity index is 1.56. The fraction of sp³-hybridized carbons (Fsp3) is 0.500. The first-order valence-corrected chi connectivity index (χ1v) is 8.69. The molecule has 0 bridgehead atoms. The number of rotatable bonds is 6. The number of nitro groups is 1. The van der Waals surface area contributed by atoms with Gasteiger partial charge in [0.05, 0.1) is 12.1 Å². The molecule has 26 heavy (non-hydrogen) atoms. The number of piperazine rings is 1. The summed E-state index contributed by atoms with van der Waals surface area (Å²) >= 11 is 5.94. The fourth-order valence-electron chi connectivity index (χ4n) is 3.20. The lowest BCUT2D eigenvalue weighted by atomic mass is 10.1. The number of halogens is 1. The molecule has 0 aliphatic carbocycles. The first-order chi connectivity index (χ1) is 12.3. The molecule has 1 aliphatic heterocycles. The van der Waals surface area contributed by atoms with Crippen molar-refractivity contribution in [2.24, 2.45) is 0 Å². The maximum Gasteiger partial charge on any atom is 0.383 e. The molecular formula is C16H21ClN6O3. The molecule has 0 spiro atoms. The first-order valence-electron chi connectivity index (χ1n) is 8.31. The third-order valence-electron chi connectivity index (χ3n) is 4.38. The molecule has 1 fully saturated rings. The zero-order chi connectivity index (χ0) is 18.7. The molecule has 0 aromatic carbocycles. The highest BCUT2D eigenvalue weighted by Crippen LogP contribution is 2.21. The Morgan fingerprint density at radius 2 is 1.92 bits per heavy atom. The van der Waals surface area contributed by atoms with Crippen molar-refractivity contribution in [3.63, 3.8) is 0 Å². The molecule has 140 valence electrons. The summed E-state index contributed by atoms with van der Waals surface area (Å²) in [6.07, 6.45) is 4.80. The van der Waals surface area contributed by atoms with E-state index >= 15 is 0 Å². The minimum atomic E-state index is -1.09. The Morgan fingerprint density at radius 1 is 1.27 bits per heavy atom. The number of β-amino-alcohol motifs (C(OH)–C–C–N with tert-alkyl or cyclic N) is 1. The second-order valence-electron chi connectivity index (χ2n) is 6.72. The van der Waals surface area contributed by atoms with Crippen molar-refractivity contribution in [3.8, 4) is 0 Å². The van der Waals surface area contributed by atoms with Gasteiger partial charge < -0.3 is 20.1 Å². The van der Waals surface area contributed by atoms with E-state index in [-0.39, 0.29) is 17.6 Å². The van der Waals surface area contributed by atoms with E-state index in [1.165, 1.54) is 10.8 Å². The van der Waals surface area contributed by atoms with Gasteiger partial charge in [-0.05, 0) is 40.6 Å². The zero-order valence-electron chi connectivity index (χ0n) is 14.5. The molecular weight excluding hydrogens is 360 g/mol. The van der Waals surface area contributed by atoms with E-state index in [1.54, 1.807) is 19.3 Å². The van der Waals surface area contributed by atoms with Crippen molar-refractivity contribution in [2.45, 2.75) is 19.1 Å². The summed E-state index contributed by atoms with van der Waals surface area (Å²) < 4.78 is 1.41. The minimum Gasteiger partial charge on any atom is -0.387 e. The predicted molar refractivity (Wildman–Crippen MR) is 97.4 cm³/mol. The molecule has 9 nitrogen and oxygen atoms in total. The standard InChI is InChI=1S/C16H21ClN6O3/c1-16(24,12-22-10-14(23(25)26)19-15(22)17)11-20-6-8-21(9-7-20)13-2-4-18-5-3-13/h2-5,10,24H,6-9,11-12H2,1H3/t16-/m0/s1. The topological polar surface area (TPSA) is 101 Å². The normalized spacial score (nSPS) is 17.9. The van der Waals surface area contributed by atoms with Crippen molar-refractivity contribution in [1.29, 1.82) is 0 Å². The van der Waals surface area contributed by atoms with Gasteiger partial charge in [0.15, 0.2) is 0 Å². The molecule has 10 heteroatoms. The van der Waals surface area contributed by atoms with Crippen LogP contribution in [-0.2, 0) is 6.54 Å². The van der Waals surface area contributed by atoms with E-state index in [4.69, 9.17) is 11.6 Å². The van der Waals surface area contributed by atoms with Crippen LogP contribution in [0.4, 0.5) is 11.5 Å². The van der Waals surface area contributed by atoms with Crippen LogP contribution in [0, 0.1) is 10.1 Å². The monoisotopic (exact) mass is 380 g/mol. The Labute approximate surface area is 156 Å². The van der Waals surface area contributed by atoms with Gasteiger partial charge in [0.2, 0.25) is 0 Å². The number of pyridine rings is 1. The molecule has 3 heterocycles. The molecule has 0 radical (unpaired) electrons. The molecule has 0 saturated carbocycles. The maximum atomic E-state index is 10.8. The summed E-state index contributed by atoms with van der Waals surface area (Å²) in [7, 11) is 0. The van der Waals surface area contributed by atoms with Gasteiger partial charge in [-0.15, -0.1) is 0 Å². The van der Waals surface area contributed by atoms with Crippen LogP contribution in [0.15, 0.2) is 30.7 Å². The van der Waals surface area contributed by atoms with Crippen LogP contribution in [0.25, 0.3) is 0 Å². The summed E-state index contributed by atoms with van der Waals surface area (Å²) in [5.74, 6) is -0.322. The molecule has 2 aromatic rings. The third-order valence-corrected chi connectivity index (χ3v) is 4.68. The van der Waals surface area contributed by atoms with Crippen LogP contribution in [-0.4, -0.2) is 67.8 Å². The lowest BCUT2D eigenvalue weighted by molar-refractivity contribution is -0.389. The zero-order valence-corrected chi connectivity index (χ0v) is 15.2. The lowest BCUT2D eigenvalue weighted by Gasteiger charge is -2.39. The van der Waals surface area contributed by atoms with E-state index in [0.29, 0.717) is 6.54 Å². The summed E-state index contributed by atoms with van der Waals surface area (Å²) in [6.45, 7) is 5.63. The van der Waals surface area contributed by atoms with Gasteiger partial charge in [0, 0.05) is 50.8 Å². The maximum absolute atomic E-state index is 10.8. The van der Waals surface area contributed by atoms with Gasteiger partial charge >= 0.3 is 11.1 Å². The van der Waals surface area contributed by atoms with Crippen LogP contribution in [0.3, 0.4) is 0 Å². The van der Waals surface area contributed by atoms with Crippen molar-refractivity contribution in [3.05, 3.63) is 46.1 Å². The number of imidazole rings is 1. The average Bonchev–Trinajstić information content (AvgIpc) is 2.96. The summed E-state index contributed by atoms with van der Waals surface area (Å²) in [4.78, 5) is 22.4. The smallest absolute Gasteiger partial charge is 0.383 e. The van der Waals surface area contributed by atoms with Crippen molar-refractivity contribution in [2.75, 3.05) is 37.6 Å². The molecule has 1 saturated heterocycles. The van der Waals surface area contributed by atoms with Gasteiger partial charge in [-0.1, -0.05) is 0 Å². The number of aromatic nitrogens is 3. The van der Waals surface area contributed by atoms with E-state index < -0.39 is 10.5 Å². The molecule has 2 aromatic heterocycles. The number of aliphatic hydroxyl groups is 1. The second-order valence-corrected chi connectivity index (χ2v) is 7.06. The van der Waals surface area contributed by atoms with Crippen LogP contribution < -0.4 is 4.90 Å². The Bertz CT molecular complexity index is 759. The van der Waals surface area contributed by atoms with E-state index in [1.807, 2.05) is 12.1 Å². The fourth-order valence-corrected chi connectivity index (χ4v) is 3.39. The van der Waals surface area contributed by atoms with Crippen molar-refractivity contribution in [1.82, 2.24) is 19.4 Å². The van der Waals surface area contributed by atoms with Gasteiger partial charge in [0.1, 0.15) is 6.20 Å². The molecule has 0 amide bonds. The SMILES string of the molecule is C[C@](O)(CN1CCN(c2ccncc2)CC1)Cn1cc([N+](=O)[O-])nc1Cl. The Hall–Kier alpha value is -2.23. The van der Waals surface area contributed by atoms with Gasteiger partial charge in [0.25, 0.3) is 0 Å². The van der Waals surface area contributed by atoms with E-state index in [2.05, 4.69) is 19.8 Å². The largest absolute Gasteiger partial charge is 0.387 e. The average molecular weight is 381 g/mol. The molecule has 1 atom stereocenters. The van der Waals surface area contributed by atoms with Crippen molar-refractivity contribution < 1.29 is 10.0 Å². The van der Waals surface area contributed by atoms with Crippen LogP contribution >= 0.6 is 11.6 Å². The van der Waals surface area contributed by atoms with Crippen LogP contribution in [0.2, 0.25) is 5.28 Å². The Kier molecular flexibility index (Phi) is 5.40. The molecule has 1 aliphatic rings. The van der Waals surface area contributed by atoms with Gasteiger partial charge in [-0.3, -0.25) is 14.5 Å². The second kappa shape index (κ2) is 7.56. The number of anilines is 1. The van der Waals surface area contributed by atoms with Gasteiger partial charge in [-0.25, -0.2) is 0 Å². The van der Waals surface area contributed by atoms with Crippen LogP contribution in [0.5, 0.6) is 0 Å². The summed E-state index contributed by atoms with van der Waals surface area (Å²) in [6, 6.07) is 3.97. The summed E-state index contributed by atoms with van der Waals surface area (Å²) in [5, 5.41) is 21.5. The quantitative estimate of drug-likeness (QED) is 0.597.